The Kier molecular flexibility index (Phi) is 4.68. The summed E-state index contributed by atoms with van der Waals surface area (Å²) < 4.78 is 1.22. The topological polar surface area (TPSA) is 15.3 Å². The number of nitrogens with zero attached hydrogens (tertiary/aromatic N) is 1. The summed E-state index contributed by atoms with van der Waals surface area (Å²) in [6.07, 6.45) is 1.31. The minimum Gasteiger partial charge on any atom is -0.371 e. The van der Waals surface area contributed by atoms with E-state index >= 15 is 0 Å². The van der Waals surface area contributed by atoms with Gasteiger partial charge in [0.15, 0.2) is 0 Å². The molecule has 0 radical (unpaired) electrons. The van der Waals surface area contributed by atoms with Gasteiger partial charge in [-0.25, -0.2) is 0 Å². The van der Waals surface area contributed by atoms with Crippen LogP contribution in [0.2, 0.25) is 0 Å². The summed E-state index contributed by atoms with van der Waals surface area (Å²) in [5.74, 6) is 0.823. The van der Waals surface area contributed by atoms with E-state index in [1.165, 1.54) is 35.2 Å². The van der Waals surface area contributed by atoms with Crippen molar-refractivity contribution in [2.45, 2.75) is 33.2 Å². The van der Waals surface area contributed by atoms with E-state index in [2.05, 4.69) is 65.1 Å². The maximum absolute atomic E-state index is 3.71. The maximum Gasteiger partial charge on any atom is 0.0377 e. The standard InChI is InChI=1S/C15H23BrN2/c1-4-17-12(3)14-6-5-13(9-15(14)16)18-8-7-11(2)10-18/h5-6,9,11-12,17H,4,7-8,10H2,1-3H3. The van der Waals surface area contributed by atoms with Crippen molar-refractivity contribution in [2.75, 3.05) is 24.5 Å². The van der Waals surface area contributed by atoms with Gasteiger partial charge in [0.1, 0.15) is 0 Å². The third-order valence-electron chi connectivity index (χ3n) is 3.75. The van der Waals surface area contributed by atoms with E-state index in [4.69, 9.17) is 0 Å². The van der Waals surface area contributed by atoms with Gasteiger partial charge in [-0.05, 0) is 43.5 Å². The van der Waals surface area contributed by atoms with E-state index in [-0.39, 0.29) is 0 Å². The molecule has 1 aliphatic rings. The van der Waals surface area contributed by atoms with Crippen molar-refractivity contribution in [1.82, 2.24) is 5.32 Å². The third-order valence-corrected chi connectivity index (χ3v) is 4.44. The molecular weight excluding hydrogens is 288 g/mol. The average Bonchev–Trinajstić information content (AvgIpc) is 2.76. The summed E-state index contributed by atoms with van der Waals surface area (Å²) in [4.78, 5) is 2.48. The van der Waals surface area contributed by atoms with E-state index in [1.807, 2.05) is 0 Å². The second kappa shape index (κ2) is 6.07. The highest BCUT2D eigenvalue weighted by molar-refractivity contribution is 9.10. The fourth-order valence-corrected chi connectivity index (χ4v) is 3.36. The molecule has 1 aliphatic heterocycles. The molecule has 18 heavy (non-hydrogen) atoms. The van der Waals surface area contributed by atoms with E-state index in [9.17, 15) is 0 Å². The molecule has 1 fully saturated rings. The molecule has 1 heterocycles. The summed E-state index contributed by atoms with van der Waals surface area (Å²) in [7, 11) is 0. The zero-order chi connectivity index (χ0) is 13.1. The molecule has 2 unspecified atom stereocenters. The molecule has 0 saturated carbocycles. The van der Waals surface area contributed by atoms with Gasteiger partial charge < -0.3 is 10.2 Å². The van der Waals surface area contributed by atoms with Crippen molar-refractivity contribution in [3.8, 4) is 0 Å². The van der Waals surface area contributed by atoms with Crippen molar-refractivity contribution in [2.24, 2.45) is 5.92 Å². The molecule has 2 nitrogen and oxygen atoms in total. The number of halogens is 1. The lowest BCUT2D eigenvalue weighted by atomic mass is 10.1. The van der Waals surface area contributed by atoms with Gasteiger partial charge in [0.05, 0.1) is 0 Å². The second-order valence-corrected chi connectivity index (χ2v) is 6.18. The van der Waals surface area contributed by atoms with Gasteiger partial charge in [0.2, 0.25) is 0 Å². The van der Waals surface area contributed by atoms with Crippen molar-refractivity contribution in [3.05, 3.63) is 28.2 Å². The molecule has 1 aromatic rings. The van der Waals surface area contributed by atoms with Crippen LogP contribution in [0.5, 0.6) is 0 Å². The molecule has 100 valence electrons. The third kappa shape index (κ3) is 3.07. The zero-order valence-electron chi connectivity index (χ0n) is 11.5. The first kappa shape index (κ1) is 13.9. The van der Waals surface area contributed by atoms with Gasteiger partial charge in [0, 0.05) is 29.3 Å². The fourth-order valence-electron chi connectivity index (χ4n) is 2.65. The van der Waals surface area contributed by atoms with Crippen molar-refractivity contribution >= 4 is 21.6 Å². The van der Waals surface area contributed by atoms with Crippen molar-refractivity contribution < 1.29 is 0 Å². The Morgan fingerprint density at radius 3 is 2.83 bits per heavy atom. The van der Waals surface area contributed by atoms with Crippen LogP contribution in [0.4, 0.5) is 5.69 Å². The van der Waals surface area contributed by atoms with Gasteiger partial charge in [0.25, 0.3) is 0 Å². The van der Waals surface area contributed by atoms with Crippen LogP contribution in [-0.2, 0) is 0 Å². The first-order valence-corrected chi connectivity index (χ1v) is 7.69. The highest BCUT2D eigenvalue weighted by atomic mass is 79.9. The largest absolute Gasteiger partial charge is 0.371 e. The van der Waals surface area contributed by atoms with E-state index in [0.717, 1.165) is 12.5 Å². The average molecular weight is 311 g/mol. The van der Waals surface area contributed by atoms with Gasteiger partial charge in [-0.1, -0.05) is 35.8 Å². The van der Waals surface area contributed by atoms with Crippen LogP contribution in [0.25, 0.3) is 0 Å². The molecule has 0 aliphatic carbocycles. The Morgan fingerprint density at radius 2 is 2.28 bits per heavy atom. The molecule has 1 saturated heterocycles. The number of anilines is 1. The minimum absolute atomic E-state index is 0.399. The predicted molar refractivity (Wildman–Crippen MR) is 82.2 cm³/mol. The van der Waals surface area contributed by atoms with Crippen LogP contribution in [0.15, 0.2) is 22.7 Å². The van der Waals surface area contributed by atoms with E-state index in [1.54, 1.807) is 0 Å². The number of benzene rings is 1. The highest BCUT2D eigenvalue weighted by Crippen LogP contribution is 2.30. The summed E-state index contributed by atoms with van der Waals surface area (Å²) >= 11 is 3.71. The monoisotopic (exact) mass is 310 g/mol. The minimum atomic E-state index is 0.399. The second-order valence-electron chi connectivity index (χ2n) is 5.33. The van der Waals surface area contributed by atoms with Crippen LogP contribution >= 0.6 is 15.9 Å². The lowest BCUT2D eigenvalue weighted by Crippen LogP contribution is -2.20. The van der Waals surface area contributed by atoms with E-state index < -0.39 is 0 Å². The molecule has 0 spiro atoms. The molecule has 0 amide bonds. The predicted octanol–water partition coefficient (Wildman–Crippen LogP) is 3.97. The summed E-state index contributed by atoms with van der Waals surface area (Å²) in [6, 6.07) is 7.17. The Labute approximate surface area is 119 Å². The number of rotatable bonds is 4. The smallest absolute Gasteiger partial charge is 0.0377 e. The van der Waals surface area contributed by atoms with Gasteiger partial charge in [-0.2, -0.15) is 0 Å². The normalized spacial score (nSPS) is 21.3. The van der Waals surface area contributed by atoms with Crippen LogP contribution in [0, 0.1) is 5.92 Å². The lowest BCUT2D eigenvalue weighted by Gasteiger charge is -2.21. The first-order valence-electron chi connectivity index (χ1n) is 6.89. The van der Waals surface area contributed by atoms with Crippen molar-refractivity contribution in [1.29, 1.82) is 0 Å². The quantitative estimate of drug-likeness (QED) is 0.905. The van der Waals surface area contributed by atoms with Gasteiger partial charge in [-0.3, -0.25) is 0 Å². The lowest BCUT2D eigenvalue weighted by molar-refractivity contribution is 0.596. The number of hydrogen-bond donors (Lipinski definition) is 1. The Balaban J connectivity index is 2.14. The molecule has 1 N–H and O–H groups in total. The number of nitrogens with one attached hydrogen (secondary N) is 1. The molecule has 3 heteroatoms. The van der Waals surface area contributed by atoms with E-state index in [0.29, 0.717) is 6.04 Å². The molecule has 0 aromatic heterocycles. The molecule has 2 atom stereocenters. The van der Waals surface area contributed by atoms with Crippen molar-refractivity contribution in [3.63, 3.8) is 0 Å². The van der Waals surface area contributed by atoms with Crippen LogP contribution < -0.4 is 10.2 Å². The number of hydrogen-bond acceptors (Lipinski definition) is 2. The van der Waals surface area contributed by atoms with Crippen LogP contribution in [0.1, 0.15) is 38.8 Å². The SMILES string of the molecule is CCNC(C)c1ccc(N2CCC(C)C2)cc1Br. The van der Waals surface area contributed by atoms with Crippen LogP contribution in [0.3, 0.4) is 0 Å². The first-order chi connectivity index (χ1) is 8.61. The summed E-state index contributed by atoms with van der Waals surface area (Å²) in [5, 5.41) is 3.46. The molecule has 2 rings (SSSR count). The zero-order valence-corrected chi connectivity index (χ0v) is 13.1. The Bertz CT molecular complexity index is 405. The highest BCUT2D eigenvalue weighted by Gasteiger charge is 2.19. The fraction of sp³-hybridized carbons (Fsp3) is 0.600. The van der Waals surface area contributed by atoms with Gasteiger partial charge >= 0.3 is 0 Å². The van der Waals surface area contributed by atoms with Crippen LogP contribution in [-0.4, -0.2) is 19.6 Å². The Hall–Kier alpha value is -0.540. The summed E-state index contributed by atoms with van der Waals surface area (Å²) in [5.41, 5.74) is 2.69. The molecule has 0 bridgehead atoms. The molecular formula is C15H23BrN2. The van der Waals surface area contributed by atoms with Gasteiger partial charge in [-0.15, -0.1) is 0 Å². The molecule has 1 aromatic carbocycles. The summed E-state index contributed by atoms with van der Waals surface area (Å²) in [6.45, 7) is 10.1. The maximum atomic E-state index is 3.71. The Morgan fingerprint density at radius 1 is 1.50 bits per heavy atom.